The topological polar surface area (TPSA) is 25.2 Å². The van der Waals surface area contributed by atoms with Crippen molar-refractivity contribution in [2.75, 3.05) is 6.54 Å². The molecule has 2 heterocycles. The molecule has 1 unspecified atom stereocenters. The SMILES string of the molecule is Cc1cccc2cc(C3(C(C)C)CCCCCN3)oc12. The number of furan rings is 1. The van der Waals surface area contributed by atoms with Crippen LogP contribution < -0.4 is 5.32 Å². The first kappa shape index (κ1) is 13.7. The molecule has 1 N–H and O–H groups in total. The Morgan fingerprint density at radius 3 is 2.80 bits per heavy atom. The first-order chi connectivity index (χ1) is 9.63. The number of aryl methyl sites for hydroxylation is 1. The summed E-state index contributed by atoms with van der Waals surface area (Å²) in [4.78, 5) is 0. The molecule has 1 aromatic carbocycles. The van der Waals surface area contributed by atoms with Gasteiger partial charge in [-0.2, -0.15) is 0 Å². The zero-order valence-electron chi connectivity index (χ0n) is 12.8. The molecule has 2 nitrogen and oxygen atoms in total. The lowest BCUT2D eigenvalue weighted by molar-refractivity contribution is 0.192. The van der Waals surface area contributed by atoms with E-state index in [9.17, 15) is 0 Å². The van der Waals surface area contributed by atoms with E-state index in [1.165, 1.54) is 36.6 Å². The van der Waals surface area contributed by atoms with Crippen LogP contribution in [0.2, 0.25) is 0 Å². The number of benzene rings is 1. The third-order valence-corrected chi connectivity index (χ3v) is 4.85. The highest BCUT2D eigenvalue weighted by atomic mass is 16.3. The Morgan fingerprint density at radius 2 is 2.05 bits per heavy atom. The van der Waals surface area contributed by atoms with Crippen LogP contribution in [-0.4, -0.2) is 6.54 Å². The van der Waals surface area contributed by atoms with Gasteiger partial charge in [0.2, 0.25) is 0 Å². The maximum absolute atomic E-state index is 6.30. The maximum atomic E-state index is 6.30. The van der Waals surface area contributed by atoms with Gasteiger partial charge in [-0.3, -0.25) is 0 Å². The highest BCUT2D eigenvalue weighted by Crippen LogP contribution is 2.39. The quantitative estimate of drug-likeness (QED) is 0.852. The van der Waals surface area contributed by atoms with Crippen molar-refractivity contribution in [3.05, 3.63) is 35.6 Å². The van der Waals surface area contributed by atoms with Gasteiger partial charge in [-0.1, -0.05) is 44.9 Å². The molecule has 0 bridgehead atoms. The zero-order chi connectivity index (χ0) is 14.2. The summed E-state index contributed by atoms with van der Waals surface area (Å²) in [6.07, 6.45) is 5.04. The molecule has 2 aromatic rings. The van der Waals surface area contributed by atoms with Crippen LogP contribution in [0.1, 0.15) is 50.9 Å². The molecule has 1 atom stereocenters. The average Bonchev–Trinajstić information content (AvgIpc) is 2.70. The lowest BCUT2D eigenvalue weighted by atomic mass is 9.80. The minimum absolute atomic E-state index is 0.00194. The molecule has 0 spiro atoms. The fourth-order valence-electron chi connectivity index (χ4n) is 3.52. The Balaban J connectivity index is 2.11. The van der Waals surface area contributed by atoms with Gasteiger partial charge >= 0.3 is 0 Å². The van der Waals surface area contributed by atoms with Gasteiger partial charge in [0.1, 0.15) is 11.3 Å². The molecular formula is C18H25NO. The highest BCUT2D eigenvalue weighted by molar-refractivity contribution is 5.81. The second-order valence-corrected chi connectivity index (χ2v) is 6.47. The summed E-state index contributed by atoms with van der Waals surface area (Å²) in [7, 11) is 0. The third kappa shape index (κ3) is 2.16. The van der Waals surface area contributed by atoms with Crippen molar-refractivity contribution in [2.45, 2.75) is 52.0 Å². The van der Waals surface area contributed by atoms with E-state index in [1.54, 1.807) is 0 Å². The van der Waals surface area contributed by atoms with E-state index >= 15 is 0 Å². The average molecular weight is 271 g/mol. The molecule has 1 aliphatic heterocycles. The van der Waals surface area contributed by atoms with E-state index in [4.69, 9.17) is 4.42 Å². The zero-order valence-corrected chi connectivity index (χ0v) is 12.8. The van der Waals surface area contributed by atoms with Gasteiger partial charge in [-0.25, -0.2) is 0 Å². The van der Waals surface area contributed by atoms with E-state index in [2.05, 4.69) is 50.4 Å². The van der Waals surface area contributed by atoms with Crippen LogP contribution in [0.25, 0.3) is 11.0 Å². The minimum atomic E-state index is 0.00194. The first-order valence-electron chi connectivity index (χ1n) is 7.88. The van der Waals surface area contributed by atoms with Crippen LogP contribution in [0.4, 0.5) is 0 Å². The van der Waals surface area contributed by atoms with E-state index in [0.717, 1.165) is 17.9 Å². The third-order valence-electron chi connectivity index (χ3n) is 4.85. The normalized spacial score (nSPS) is 24.2. The molecule has 1 aliphatic rings. The van der Waals surface area contributed by atoms with Crippen LogP contribution in [0.15, 0.2) is 28.7 Å². The maximum Gasteiger partial charge on any atom is 0.137 e. The lowest BCUT2D eigenvalue weighted by Gasteiger charge is -2.36. The summed E-state index contributed by atoms with van der Waals surface area (Å²) in [6, 6.07) is 8.64. The van der Waals surface area contributed by atoms with Crippen LogP contribution in [0.3, 0.4) is 0 Å². The van der Waals surface area contributed by atoms with E-state index in [0.29, 0.717) is 5.92 Å². The van der Waals surface area contributed by atoms with Crippen LogP contribution >= 0.6 is 0 Å². The van der Waals surface area contributed by atoms with Crippen molar-refractivity contribution in [1.29, 1.82) is 0 Å². The Labute approximate surface area is 121 Å². The molecule has 0 amide bonds. The lowest BCUT2D eigenvalue weighted by Crippen LogP contribution is -2.46. The monoisotopic (exact) mass is 271 g/mol. The molecule has 0 saturated carbocycles. The first-order valence-corrected chi connectivity index (χ1v) is 7.88. The number of fused-ring (bicyclic) bond motifs is 1. The van der Waals surface area contributed by atoms with Gasteiger partial charge in [0, 0.05) is 5.39 Å². The molecule has 0 aliphatic carbocycles. The van der Waals surface area contributed by atoms with Gasteiger partial charge in [0.15, 0.2) is 0 Å². The Kier molecular flexibility index (Phi) is 3.59. The number of hydrogen-bond donors (Lipinski definition) is 1. The molecular weight excluding hydrogens is 246 g/mol. The van der Waals surface area contributed by atoms with Crippen molar-refractivity contribution in [3.63, 3.8) is 0 Å². The fraction of sp³-hybridized carbons (Fsp3) is 0.556. The summed E-state index contributed by atoms with van der Waals surface area (Å²) in [5.41, 5.74) is 2.27. The second-order valence-electron chi connectivity index (χ2n) is 6.47. The summed E-state index contributed by atoms with van der Waals surface area (Å²) >= 11 is 0. The molecule has 108 valence electrons. The van der Waals surface area contributed by atoms with Crippen molar-refractivity contribution in [3.8, 4) is 0 Å². The molecule has 1 aromatic heterocycles. The van der Waals surface area contributed by atoms with Crippen molar-refractivity contribution >= 4 is 11.0 Å². The Bertz CT molecular complexity index is 588. The largest absolute Gasteiger partial charge is 0.459 e. The standard InChI is InChI=1S/C18H25NO/c1-13(2)18(10-5-4-6-11-19-18)16-12-15-9-7-8-14(3)17(15)20-16/h7-9,12-13,19H,4-6,10-11H2,1-3H3. The Hall–Kier alpha value is -1.28. The smallest absolute Gasteiger partial charge is 0.137 e. The molecule has 3 rings (SSSR count). The van der Waals surface area contributed by atoms with Gasteiger partial charge < -0.3 is 9.73 Å². The van der Waals surface area contributed by atoms with E-state index < -0.39 is 0 Å². The van der Waals surface area contributed by atoms with Crippen molar-refractivity contribution in [2.24, 2.45) is 5.92 Å². The molecule has 20 heavy (non-hydrogen) atoms. The van der Waals surface area contributed by atoms with Gasteiger partial charge in [-0.15, -0.1) is 0 Å². The molecule has 2 heteroatoms. The Morgan fingerprint density at radius 1 is 1.20 bits per heavy atom. The van der Waals surface area contributed by atoms with Crippen LogP contribution in [-0.2, 0) is 5.54 Å². The summed E-state index contributed by atoms with van der Waals surface area (Å²) in [5, 5.41) is 5.03. The number of nitrogens with one attached hydrogen (secondary N) is 1. The summed E-state index contributed by atoms with van der Waals surface area (Å²) in [5.74, 6) is 1.65. The van der Waals surface area contributed by atoms with Crippen molar-refractivity contribution < 1.29 is 4.42 Å². The highest BCUT2D eigenvalue weighted by Gasteiger charge is 2.38. The predicted molar refractivity (Wildman–Crippen MR) is 83.9 cm³/mol. The molecule has 1 fully saturated rings. The predicted octanol–water partition coefficient (Wildman–Crippen LogP) is 4.76. The minimum Gasteiger partial charge on any atom is -0.459 e. The van der Waals surface area contributed by atoms with Gasteiger partial charge in [0.25, 0.3) is 0 Å². The van der Waals surface area contributed by atoms with Gasteiger partial charge in [-0.05, 0) is 43.9 Å². The number of rotatable bonds is 2. The second kappa shape index (κ2) is 5.25. The van der Waals surface area contributed by atoms with E-state index in [-0.39, 0.29) is 5.54 Å². The van der Waals surface area contributed by atoms with Gasteiger partial charge in [0.05, 0.1) is 5.54 Å². The van der Waals surface area contributed by atoms with Crippen LogP contribution in [0.5, 0.6) is 0 Å². The van der Waals surface area contributed by atoms with Crippen LogP contribution in [0, 0.1) is 12.8 Å². The number of para-hydroxylation sites is 1. The van der Waals surface area contributed by atoms with Crippen molar-refractivity contribution in [1.82, 2.24) is 5.32 Å². The fourth-order valence-corrected chi connectivity index (χ4v) is 3.52. The molecule has 0 radical (unpaired) electrons. The molecule has 1 saturated heterocycles. The van der Waals surface area contributed by atoms with E-state index in [1.807, 2.05) is 0 Å². The summed E-state index contributed by atoms with van der Waals surface area (Å²) < 4.78 is 6.30. The number of hydrogen-bond acceptors (Lipinski definition) is 2. The summed E-state index contributed by atoms with van der Waals surface area (Å²) in [6.45, 7) is 7.82.